The SMILES string of the molecule is c1cc2c(cc1CNCCC1CC1)CNC2. The molecule has 1 aromatic carbocycles. The van der Waals surface area contributed by atoms with Crippen LogP contribution in [0.15, 0.2) is 18.2 Å². The fourth-order valence-corrected chi connectivity index (χ4v) is 2.40. The molecule has 3 rings (SSSR count). The lowest BCUT2D eigenvalue weighted by Crippen LogP contribution is -2.15. The van der Waals surface area contributed by atoms with Gasteiger partial charge >= 0.3 is 0 Å². The lowest BCUT2D eigenvalue weighted by Gasteiger charge is -2.06. The van der Waals surface area contributed by atoms with Gasteiger partial charge < -0.3 is 10.6 Å². The first-order valence-corrected chi connectivity index (χ1v) is 6.44. The van der Waals surface area contributed by atoms with Crippen molar-refractivity contribution in [1.82, 2.24) is 10.6 Å². The average molecular weight is 216 g/mol. The first-order chi connectivity index (χ1) is 7.92. The van der Waals surface area contributed by atoms with Gasteiger partial charge in [-0.3, -0.25) is 0 Å². The Kier molecular flexibility index (Phi) is 2.94. The third kappa shape index (κ3) is 2.45. The van der Waals surface area contributed by atoms with Crippen LogP contribution >= 0.6 is 0 Å². The lowest BCUT2D eigenvalue weighted by atomic mass is 10.1. The molecular weight excluding hydrogens is 196 g/mol. The minimum absolute atomic E-state index is 1.03. The van der Waals surface area contributed by atoms with E-state index in [1.54, 1.807) is 0 Å². The molecule has 2 heteroatoms. The van der Waals surface area contributed by atoms with Gasteiger partial charge in [-0.25, -0.2) is 0 Å². The predicted octanol–water partition coefficient (Wildman–Crippen LogP) is 2.18. The number of rotatable bonds is 5. The fourth-order valence-electron chi connectivity index (χ4n) is 2.40. The Bertz CT molecular complexity index is 369. The summed E-state index contributed by atoms with van der Waals surface area (Å²) in [6.07, 6.45) is 4.30. The zero-order chi connectivity index (χ0) is 10.8. The maximum atomic E-state index is 3.54. The number of hydrogen-bond acceptors (Lipinski definition) is 2. The molecular formula is C14H20N2. The van der Waals surface area contributed by atoms with Gasteiger partial charge in [0.05, 0.1) is 0 Å². The van der Waals surface area contributed by atoms with Gasteiger partial charge in [-0.15, -0.1) is 0 Å². The van der Waals surface area contributed by atoms with Gasteiger partial charge in [0, 0.05) is 19.6 Å². The minimum Gasteiger partial charge on any atom is -0.313 e. The molecule has 2 N–H and O–H groups in total. The molecule has 2 aliphatic rings. The van der Waals surface area contributed by atoms with Gasteiger partial charge in [0.2, 0.25) is 0 Å². The van der Waals surface area contributed by atoms with Gasteiger partial charge in [-0.2, -0.15) is 0 Å². The van der Waals surface area contributed by atoms with E-state index in [0.29, 0.717) is 0 Å². The molecule has 86 valence electrons. The van der Waals surface area contributed by atoms with E-state index >= 15 is 0 Å². The standard InChI is InChI=1S/C14H20N2/c1-2-11(1)5-6-15-8-12-3-4-13-9-16-10-14(13)7-12/h3-4,7,11,15-16H,1-2,5-6,8-10H2. The molecule has 0 bridgehead atoms. The maximum Gasteiger partial charge on any atom is 0.0212 e. The van der Waals surface area contributed by atoms with Crippen LogP contribution in [0.3, 0.4) is 0 Å². The Balaban J connectivity index is 1.49. The normalized spacial score (nSPS) is 18.8. The second-order valence-electron chi connectivity index (χ2n) is 5.12. The summed E-state index contributed by atoms with van der Waals surface area (Å²) in [6.45, 7) is 4.30. The highest BCUT2D eigenvalue weighted by atomic mass is 14.9. The smallest absolute Gasteiger partial charge is 0.0212 e. The molecule has 0 aromatic heterocycles. The number of hydrogen-bond donors (Lipinski definition) is 2. The zero-order valence-electron chi connectivity index (χ0n) is 9.76. The molecule has 1 aliphatic heterocycles. The van der Waals surface area contributed by atoms with Crippen molar-refractivity contribution in [3.63, 3.8) is 0 Å². The molecule has 0 saturated heterocycles. The van der Waals surface area contributed by atoms with E-state index in [-0.39, 0.29) is 0 Å². The number of nitrogens with one attached hydrogen (secondary N) is 2. The summed E-state index contributed by atoms with van der Waals surface area (Å²) in [5, 5.41) is 6.93. The van der Waals surface area contributed by atoms with Crippen molar-refractivity contribution in [3.8, 4) is 0 Å². The summed E-state index contributed by atoms with van der Waals surface area (Å²) in [7, 11) is 0. The number of benzene rings is 1. The Hall–Kier alpha value is -0.860. The topological polar surface area (TPSA) is 24.1 Å². The molecule has 2 nitrogen and oxygen atoms in total. The summed E-state index contributed by atoms with van der Waals surface area (Å²) in [6, 6.07) is 6.88. The van der Waals surface area contributed by atoms with E-state index in [0.717, 1.165) is 25.6 Å². The lowest BCUT2D eigenvalue weighted by molar-refractivity contribution is 0.612. The summed E-state index contributed by atoms with van der Waals surface area (Å²) in [5.74, 6) is 1.04. The summed E-state index contributed by atoms with van der Waals surface area (Å²) in [4.78, 5) is 0. The Morgan fingerprint density at radius 2 is 2.06 bits per heavy atom. The van der Waals surface area contributed by atoms with Crippen molar-refractivity contribution in [1.29, 1.82) is 0 Å². The minimum atomic E-state index is 1.03. The van der Waals surface area contributed by atoms with Crippen molar-refractivity contribution in [2.24, 2.45) is 5.92 Å². The van der Waals surface area contributed by atoms with E-state index in [1.807, 2.05) is 0 Å². The summed E-state index contributed by atoms with van der Waals surface area (Å²) >= 11 is 0. The third-order valence-corrected chi connectivity index (χ3v) is 3.66. The monoisotopic (exact) mass is 216 g/mol. The van der Waals surface area contributed by atoms with Crippen LogP contribution in [0, 0.1) is 5.92 Å². The second kappa shape index (κ2) is 4.56. The third-order valence-electron chi connectivity index (χ3n) is 3.66. The van der Waals surface area contributed by atoms with Crippen molar-refractivity contribution < 1.29 is 0 Å². The molecule has 0 spiro atoms. The van der Waals surface area contributed by atoms with Crippen LogP contribution < -0.4 is 10.6 Å². The van der Waals surface area contributed by atoms with E-state index in [2.05, 4.69) is 28.8 Å². The molecule has 1 aromatic rings. The van der Waals surface area contributed by atoms with E-state index in [9.17, 15) is 0 Å². The Morgan fingerprint density at radius 3 is 2.94 bits per heavy atom. The van der Waals surface area contributed by atoms with Crippen LogP contribution in [0.4, 0.5) is 0 Å². The fraction of sp³-hybridized carbons (Fsp3) is 0.571. The molecule has 0 atom stereocenters. The second-order valence-corrected chi connectivity index (χ2v) is 5.12. The van der Waals surface area contributed by atoms with Crippen molar-refractivity contribution in [3.05, 3.63) is 34.9 Å². The quantitative estimate of drug-likeness (QED) is 0.737. The molecule has 0 radical (unpaired) electrons. The first kappa shape index (κ1) is 10.3. The largest absolute Gasteiger partial charge is 0.313 e. The van der Waals surface area contributed by atoms with Gasteiger partial charge in [-0.1, -0.05) is 31.0 Å². The Morgan fingerprint density at radius 1 is 1.19 bits per heavy atom. The van der Waals surface area contributed by atoms with Crippen molar-refractivity contribution in [2.45, 2.75) is 38.9 Å². The highest BCUT2D eigenvalue weighted by Gasteiger charge is 2.19. The van der Waals surface area contributed by atoms with Crippen LogP contribution in [0.2, 0.25) is 0 Å². The van der Waals surface area contributed by atoms with Crippen LogP contribution in [0.25, 0.3) is 0 Å². The van der Waals surface area contributed by atoms with Gasteiger partial charge in [0.1, 0.15) is 0 Å². The predicted molar refractivity (Wildman–Crippen MR) is 66.0 cm³/mol. The maximum absolute atomic E-state index is 3.54. The molecule has 1 saturated carbocycles. The van der Waals surface area contributed by atoms with Crippen LogP contribution in [-0.4, -0.2) is 6.54 Å². The highest BCUT2D eigenvalue weighted by molar-refractivity contribution is 5.34. The molecule has 0 unspecified atom stereocenters. The van der Waals surface area contributed by atoms with Crippen LogP contribution in [-0.2, 0) is 19.6 Å². The zero-order valence-corrected chi connectivity index (χ0v) is 9.76. The highest BCUT2D eigenvalue weighted by Crippen LogP contribution is 2.31. The van der Waals surface area contributed by atoms with E-state index in [4.69, 9.17) is 0 Å². The van der Waals surface area contributed by atoms with Gasteiger partial charge in [0.15, 0.2) is 0 Å². The van der Waals surface area contributed by atoms with Crippen LogP contribution in [0.5, 0.6) is 0 Å². The first-order valence-electron chi connectivity index (χ1n) is 6.44. The van der Waals surface area contributed by atoms with Crippen molar-refractivity contribution in [2.75, 3.05) is 6.54 Å². The van der Waals surface area contributed by atoms with E-state index < -0.39 is 0 Å². The average Bonchev–Trinajstić information content (AvgIpc) is 3.01. The molecule has 1 fully saturated rings. The van der Waals surface area contributed by atoms with Crippen molar-refractivity contribution >= 4 is 0 Å². The Labute approximate surface area is 97.4 Å². The van der Waals surface area contributed by atoms with E-state index in [1.165, 1.54) is 42.5 Å². The molecule has 1 aliphatic carbocycles. The molecule has 1 heterocycles. The summed E-state index contributed by atoms with van der Waals surface area (Å²) in [5.41, 5.74) is 4.39. The molecule has 0 amide bonds. The summed E-state index contributed by atoms with van der Waals surface area (Å²) < 4.78 is 0. The number of fused-ring (bicyclic) bond motifs is 1. The molecule has 16 heavy (non-hydrogen) atoms. The van der Waals surface area contributed by atoms with Gasteiger partial charge in [-0.05, 0) is 35.6 Å². The van der Waals surface area contributed by atoms with Crippen LogP contribution in [0.1, 0.15) is 36.0 Å². The van der Waals surface area contributed by atoms with Gasteiger partial charge in [0.25, 0.3) is 0 Å².